The topological polar surface area (TPSA) is 179 Å². The first kappa shape index (κ1) is 26.5. The van der Waals surface area contributed by atoms with Gasteiger partial charge in [0.2, 0.25) is 17.7 Å². The Balaban J connectivity index is 2.14. The summed E-state index contributed by atoms with van der Waals surface area (Å²) in [7, 11) is 0. The van der Waals surface area contributed by atoms with Crippen LogP contribution in [0.3, 0.4) is 0 Å². The van der Waals surface area contributed by atoms with Crippen LogP contribution in [-0.4, -0.2) is 63.4 Å². The Bertz CT molecular complexity index is 948. The molecular weight excluding hydrogens is 440 g/mol. The van der Waals surface area contributed by atoms with E-state index in [9.17, 15) is 19.2 Å². The second-order valence-corrected chi connectivity index (χ2v) is 8.44. The van der Waals surface area contributed by atoms with Crippen LogP contribution in [0.15, 0.2) is 42.9 Å². The summed E-state index contributed by atoms with van der Waals surface area (Å²) < 4.78 is 0. The third-order valence-corrected chi connectivity index (χ3v) is 5.00. The smallest absolute Gasteiger partial charge is 0.322 e. The number of carbonyl (C=O) groups excluding carboxylic acids is 3. The number of benzene rings is 1. The van der Waals surface area contributed by atoms with E-state index in [1.54, 1.807) is 6.20 Å². The summed E-state index contributed by atoms with van der Waals surface area (Å²) in [6, 6.07) is 6.24. The molecule has 1 heterocycles. The Morgan fingerprint density at radius 1 is 1.00 bits per heavy atom. The molecule has 0 fully saturated rings. The summed E-state index contributed by atoms with van der Waals surface area (Å²) in [6.07, 6.45) is 3.73. The van der Waals surface area contributed by atoms with Gasteiger partial charge in [-0.3, -0.25) is 19.2 Å². The van der Waals surface area contributed by atoms with Crippen LogP contribution in [0.1, 0.15) is 31.5 Å². The summed E-state index contributed by atoms with van der Waals surface area (Å²) in [5.74, 6) is -2.84. The van der Waals surface area contributed by atoms with Gasteiger partial charge < -0.3 is 31.8 Å². The van der Waals surface area contributed by atoms with Gasteiger partial charge in [0.05, 0.1) is 12.4 Å². The predicted octanol–water partition coefficient (Wildman–Crippen LogP) is -0.261. The number of aromatic amines is 1. The lowest BCUT2D eigenvalue weighted by Gasteiger charge is -2.25. The van der Waals surface area contributed by atoms with Crippen LogP contribution in [-0.2, 0) is 32.0 Å². The van der Waals surface area contributed by atoms with Gasteiger partial charge in [-0.15, -0.1) is 0 Å². The number of nitrogens with two attached hydrogens (primary N) is 1. The van der Waals surface area contributed by atoms with E-state index in [0.29, 0.717) is 12.1 Å². The van der Waals surface area contributed by atoms with Crippen LogP contribution >= 0.6 is 0 Å². The van der Waals surface area contributed by atoms with Crippen molar-refractivity contribution < 1.29 is 24.3 Å². The third kappa shape index (κ3) is 9.02. The third-order valence-electron chi connectivity index (χ3n) is 5.00. The number of aromatic nitrogens is 2. The number of hydrogen-bond acceptors (Lipinski definition) is 6. The maximum Gasteiger partial charge on any atom is 0.322 e. The van der Waals surface area contributed by atoms with Gasteiger partial charge >= 0.3 is 5.97 Å². The lowest BCUT2D eigenvalue weighted by atomic mass is 10.0. The number of carboxylic acids is 1. The maximum atomic E-state index is 13.2. The second kappa shape index (κ2) is 13.1. The first-order chi connectivity index (χ1) is 16.2. The first-order valence-corrected chi connectivity index (χ1v) is 11.0. The van der Waals surface area contributed by atoms with E-state index in [2.05, 4.69) is 25.9 Å². The fourth-order valence-electron chi connectivity index (χ4n) is 3.32. The minimum absolute atomic E-state index is 0.0471. The molecule has 1 aromatic carbocycles. The zero-order valence-corrected chi connectivity index (χ0v) is 19.3. The molecule has 1 aromatic heterocycles. The molecule has 11 heteroatoms. The van der Waals surface area contributed by atoms with Crippen molar-refractivity contribution in [3.05, 3.63) is 54.1 Å². The number of nitrogens with one attached hydrogen (secondary N) is 4. The molecule has 3 atom stereocenters. The molecule has 0 aliphatic carbocycles. The molecule has 0 radical (unpaired) electrons. The number of aliphatic carboxylic acids is 1. The Kier molecular flexibility index (Phi) is 10.2. The van der Waals surface area contributed by atoms with Gasteiger partial charge in [-0.05, 0) is 17.9 Å². The van der Waals surface area contributed by atoms with Gasteiger partial charge in [-0.2, -0.15) is 0 Å². The molecule has 0 spiro atoms. The predicted molar refractivity (Wildman–Crippen MR) is 124 cm³/mol. The highest BCUT2D eigenvalue weighted by Gasteiger charge is 2.29. The highest BCUT2D eigenvalue weighted by atomic mass is 16.4. The van der Waals surface area contributed by atoms with Gasteiger partial charge in [0.15, 0.2) is 0 Å². The number of carbonyl (C=O) groups is 4. The highest BCUT2D eigenvalue weighted by molar-refractivity contribution is 5.93. The van der Waals surface area contributed by atoms with Crippen LogP contribution in [0.25, 0.3) is 0 Å². The molecule has 2 aromatic rings. The van der Waals surface area contributed by atoms with Crippen molar-refractivity contribution in [3.63, 3.8) is 0 Å². The summed E-state index contributed by atoms with van der Waals surface area (Å²) in [5, 5.41) is 16.5. The summed E-state index contributed by atoms with van der Waals surface area (Å²) in [5.41, 5.74) is 7.51. The SMILES string of the molecule is CC(C)CC(NC(=O)C(Cc1ccccc1)NC(=O)C(N)Cc1cnc[nH]1)C(=O)NCC(=O)O. The zero-order valence-electron chi connectivity index (χ0n) is 19.3. The van der Waals surface area contributed by atoms with Crippen LogP contribution in [0.2, 0.25) is 0 Å². The quantitative estimate of drug-likeness (QED) is 0.232. The standard InChI is InChI=1S/C23H32N6O5/c1-14(2)8-18(22(33)26-12-20(30)31)29-23(34)19(9-15-6-4-3-5-7-15)28-21(32)17(24)10-16-11-25-13-27-16/h3-7,11,13-14,17-19H,8-10,12,24H2,1-2H3,(H,25,27)(H,26,33)(H,28,32)(H,29,34)(H,30,31). The Morgan fingerprint density at radius 2 is 1.68 bits per heavy atom. The van der Waals surface area contributed by atoms with Crippen molar-refractivity contribution in [2.45, 2.75) is 51.2 Å². The number of hydrogen-bond donors (Lipinski definition) is 6. The molecule has 2 rings (SSSR count). The number of amides is 3. The van der Waals surface area contributed by atoms with E-state index in [4.69, 9.17) is 10.8 Å². The van der Waals surface area contributed by atoms with E-state index in [1.807, 2.05) is 44.2 Å². The molecule has 0 bridgehead atoms. The highest BCUT2D eigenvalue weighted by Crippen LogP contribution is 2.08. The maximum absolute atomic E-state index is 13.2. The average Bonchev–Trinajstić information content (AvgIpc) is 3.29. The van der Waals surface area contributed by atoms with Crippen LogP contribution < -0.4 is 21.7 Å². The zero-order chi connectivity index (χ0) is 25.1. The van der Waals surface area contributed by atoms with E-state index >= 15 is 0 Å². The molecule has 3 unspecified atom stereocenters. The molecule has 3 amide bonds. The van der Waals surface area contributed by atoms with E-state index < -0.39 is 48.4 Å². The molecule has 11 nitrogen and oxygen atoms in total. The Morgan fingerprint density at radius 3 is 2.26 bits per heavy atom. The minimum Gasteiger partial charge on any atom is -0.480 e. The van der Waals surface area contributed by atoms with E-state index in [0.717, 1.165) is 5.56 Å². The van der Waals surface area contributed by atoms with E-state index in [1.165, 1.54) is 6.33 Å². The van der Waals surface area contributed by atoms with Crippen molar-refractivity contribution in [1.29, 1.82) is 0 Å². The van der Waals surface area contributed by atoms with Gasteiger partial charge in [-0.1, -0.05) is 44.2 Å². The molecule has 0 saturated heterocycles. The molecule has 0 saturated carbocycles. The normalized spacial score (nSPS) is 13.5. The lowest BCUT2D eigenvalue weighted by molar-refractivity contribution is -0.138. The Labute approximate surface area is 197 Å². The van der Waals surface area contributed by atoms with Crippen LogP contribution in [0.4, 0.5) is 0 Å². The Hall–Kier alpha value is -3.73. The molecule has 0 aliphatic rings. The van der Waals surface area contributed by atoms with Gasteiger partial charge in [0.25, 0.3) is 0 Å². The average molecular weight is 473 g/mol. The number of H-pyrrole nitrogens is 1. The molecule has 184 valence electrons. The van der Waals surface area contributed by atoms with Crippen LogP contribution in [0.5, 0.6) is 0 Å². The fourth-order valence-corrected chi connectivity index (χ4v) is 3.32. The summed E-state index contributed by atoms with van der Waals surface area (Å²) >= 11 is 0. The number of nitrogens with zero attached hydrogens (tertiary/aromatic N) is 1. The summed E-state index contributed by atoms with van der Waals surface area (Å²) in [4.78, 5) is 56.0. The molecule has 0 aliphatic heterocycles. The number of rotatable bonds is 13. The monoisotopic (exact) mass is 472 g/mol. The second-order valence-electron chi connectivity index (χ2n) is 8.44. The largest absolute Gasteiger partial charge is 0.480 e. The number of imidazole rings is 1. The van der Waals surface area contributed by atoms with Gasteiger partial charge in [0.1, 0.15) is 18.6 Å². The van der Waals surface area contributed by atoms with Crippen LogP contribution in [0, 0.1) is 5.92 Å². The van der Waals surface area contributed by atoms with E-state index in [-0.39, 0.29) is 18.8 Å². The van der Waals surface area contributed by atoms with Crippen molar-refractivity contribution >= 4 is 23.7 Å². The minimum atomic E-state index is -1.19. The fraction of sp³-hybridized carbons (Fsp3) is 0.435. The van der Waals surface area contributed by atoms with Crippen molar-refractivity contribution in [3.8, 4) is 0 Å². The summed E-state index contributed by atoms with van der Waals surface area (Å²) in [6.45, 7) is 3.19. The van der Waals surface area contributed by atoms with Gasteiger partial charge in [-0.25, -0.2) is 4.98 Å². The molecule has 34 heavy (non-hydrogen) atoms. The lowest BCUT2D eigenvalue weighted by Crippen LogP contribution is -2.57. The molecule has 7 N–H and O–H groups in total. The van der Waals surface area contributed by atoms with Crippen molar-refractivity contribution in [1.82, 2.24) is 25.9 Å². The first-order valence-electron chi connectivity index (χ1n) is 11.0. The molecular formula is C23H32N6O5. The van der Waals surface area contributed by atoms with Crippen molar-refractivity contribution in [2.24, 2.45) is 11.7 Å². The van der Waals surface area contributed by atoms with Gasteiger partial charge in [0, 0.05) is 24.7 Å². The van der Waals surface area contributed by atoms with Crippen molar-refractivity contribution in [2.75, 3.05) is 6.54 Å². The number of carboxylic acid groups (broad SMARTS) is 1.